The fourth-order valence-electron chi connectivity index (χ4n) is 6.86. The lowest BCUT2D eigenvalue weighted by Crippen LogP contribution is -2.55. The second-order valence-corrected chi connectivity index (χ2v) is 12.4. The summed E-state index contributed by atoms with van der Waals surface area (Å²) >= 11 is 0. The maximum atomic E-state index is 16.6. The van der Waals surface area contributed by atoms with E-state index in [0.717, 1.165) is 22.7 Å². The van der Waals surface area contributed by atoms with Crippen LogP contribution in [0, 0.1) is 6.92 Å². The Bertz CT molecular complexity index is 2130. The predicted molar refractivity (Wildman–Crippen MR) is 168 cm³/mol. The Balaban J connectivity index is 1.29. The SMILES string of the molecule is Cc1cc(C(F)(F)F)ccc1NC(=O)Cn1c2c(c(=O)n3nc(C4=CCOCC4)nc13)[C@@]1(CCN(C(=O)c3ncccc3O)C[C@H]1F)O[C@@H]2C. The number of pyridine rings is 1. The molecule has 0 unspecified atom stereocenters. The maximum Gasteiger partial charge on any atom is 0.416 e. The predicted octanol–water partition coefficient (Wildman–Crippen LogP) is 3.93. The van der Waals surface area contributed by atoms with Gasteiger partial charge in [-0.3, -0.25) is 14.4 Å². The number of benzene rings is 1. The number of aromatic nitrogens is 5. The number of carbonyl (C=O) groups excluding carboxylic acids is 2. The summed E-state index contributed by atoms with van der Waals surface area (Å²) in [7, 11) is 0. The molecule has 0 saturated carbocycles. The number of aryl methyl sites for hydroxylation is 1. The van der Waals surface area contributed by atoms with Crippen molar-refractivity contribution in [3.05, 3.63) is 86.9 Å². The highest BCUT2D eigenvalue weighted by atomic mass is 19.4. The molecule has 3 atom stereocenters. The summed E-state index contributed by atoms with van der Waals surface area (Å²) in [6.45, 7) is 2.73. The largest absolute Gasteiger partial charge is 0.505 e. The number of hydrogen-bond donors (Lipinski definition) is 2. The Morgan fingerprint density at radius 1 is 1.22 bits per heavy atom. The van der Waals surface area contributed by atoms with E-state index in [1.165, 1.54) is 34.7 Å². The van der Waals surface area contributed by atoms with Crippen LogP contribution in [0.1, 0.15) is 64.6 Å². The number of piperidine rings is 1. The van der Waals surface area contributed by atoms with Crippen molar-refractivity contribution < 1.29 is 41.7 Å². The molecule has 4 aromatic rings. The first-order chi connectivity index (χ1) is 23.8. The van der Waals surface area contributed by atoms with E-state index in [2.05, 4.69) is 20.4 Å². The van der Waals surface area contributed by atoms with Crippen molar-refractivity contribution in [1.29, 1.82) is 0 Å². The number of likely N-dealkylation sites (tertiary alicyclic amines) is 1. The van der Waals surface area contributed by atoms with Crippen molar-refractivity contribution in [3.63, 3.8) is 0 Å². The molecule has 50 heavy (non-hydrogen) atoms. The van der Waals surface area contributed by atoms with Crippen LogP contribution in [-0.4, -0.2) is 78.4 Å². The topological polar surface area (TPSA) is 153 Å². The molecule has 13 nitrogen and oxygen atoms in total. The molecule has 2 amide bonds. The van der Waals surface area contributed by atoms with Gasteiger partial charge in [-0.25, -0.2) is 9.37 Å². The molecule has 0 radical (unpaired) electrons. The third kappa shape index (κ3) is 5.59. The average molecular weight is 698 g/mol. The number of amides is 2. The first kappa shape index (κ1) is 33.3. The lowest BCUT2D eigenvalue weighted by atomic mass is 9.83. The van der Waals surface area contributed by atoms with Gasteiger partial charge in [0.2, 0.25) is 11.7 Å². The van der Waals surface area contributed by atoms with E-state index in [1.54, 1.807) is 13.0 Å². The van der Waals surface area contributed by atoms with Crippen LogP contribution in [-0.2, 0) is 32.6 Å². The third-order valence-corrected chi connectivity index (χ3v) is 9.28. The van der Waals surface area contributed by atoms with Crippen LogP contribution >= 0.6 is 0 Å². The van der Waals surface area contributed by atoms with Crippen molar-refractivity contribution in [2.24, 2.45) is 0 Å². The molecule has 0 bridgehead atoms. The van der Waals surface area contributed by atoms with Crippen LogP contribution < -0.4 is 10.9 Å². The lowest BCUT2D eigenvalue weighted by Gasteiger charge is -2.41. The monoisotopic (exact) mass is 697 g/mol. The number of hydrogen-bond acceptors (Lipinski definition) is 9. The number of alkyl halides is 4. The Labute approximate surface area is 281 Å². The molecule has 1 aromatic carbocycles. The normalized spacial score (nSPS) is 22.1. The minimum atomic E-state index is -4.56. The van der Waals surface area contributed by atoms with Gasteiger partial charge in [0.25, 0.3) is 11.5 Å². The van der Waals surface area contributed by atoms with Crippen LogP contribution in [0.3, 0.4) is 0 Å². The Kier molecular flexibility index (Phi) is 8.21. The van der Waals surface area contributed by atoms with Crippen molar-refractivity contribution in [2.75, 3.05) is 31.6 Å². The van der Waals surface area contributed by atoms with Gasteiger partial charge in [-0.1, -0.05) is 6.08 Å². The van der Waals surface area contributed by atoms with E-state index in [1.807, 2.05) is 0 Å². The van der Waals surface area contributed by atoms with Gasteiger partial charge in [0.05, 0.1) is 42.7 Å². The highest BCUT2D eigenvalue weighted by Crippen LogP contribution is 2.49. The average Bonchev–Trinajstić information content (AvgIpc) is 3.66. The Hall–Kier alpha value is -5.16. The van der Waals surface area contributed by atoms with Crippen LogP contribution in [0.2, 0.25) is 0 Å². The van der Waals surface area contributed by atoms with Crippen LogP contribution in [0.15, 0.2) is 47.4 Å². The molecule has 17 heteroatoms. The lowest BCUT2D eigenvalue weighted by molar-refractivity contribution is -0.143. The number of rotatable bonds is 5. The van der Waals surface area contributed by atoms with Gasteiger partial charge in [-0.05, 0) is 61.7 Å². The van der Waals surface area contributed by atoms with Gasteiger partial charge in [0.1, 0.15) is 17.9 Å². The van der Waals surface area contributed by atoms with Gasteiger partial charge in [0, 0.05) is 24.8 Å². The zero-order valence-electron chi connectivity index (χ0n) is 26.8. The molecular weight excluding hydrogens is 666 g/mol. The molecule has 6 heterocycles. The molecule has 1 fully saturated rings. The third-order valence-electron chi connectivity index (χ3n) is 9.28. The van der Waals surface area contributed by atoms with Crippen molar-refractivity contribution in [2.45, 2.75) is 57.3 Å². The minimum absolute atomic E-state index is 0.0171. The molecule has 3 aromatic heterocycles. The molecule has 2 N–H and O–H groups in total. The maximum absolute atomic E-state index is 16.6. The van der Waals surface area contributed by atoms with E-state index in [0.29, 0.717) is 25.2 Å². The zero-order chi connectivity index (χ0) is 35.5. The smallest absolute Gasteiger partial charge is 0.416 e. The Morgan fingerprint density at radius 2 is 2.02 bits per heavy atom. The summed E-state index contributed by atoms with van der Waals surface area (Å²) in [6, 6.07) is 5.68. The molecular formula is C33H31F4N7O6. The van der Waals surface area contributed by atoms with Gasteiger partial charge in [-0.15, -0.1) is 5.10 Å². The number of aromatic hydroxyl groups is 1. The minimum Gasteiger partial charge on any atom is -0.505 e. The van der Waals surface area contributed by atoms with E-state index in [-0.39, 0.29) is 58.5 Å². The number of nitrogens with one attached hydrogen (secondary N) is 1. The highest BCUT2D eigenvalue weighted by Gasteiger charge is 2.56. The van der Waals surface area contributed by atoms with E-state index in [4.69, 9.17) is 9.47 Å². The van der Waals surface area contributed by atoms with Crippen LogP contribution in [0.4, 0.5) is 23.2 Å². The molecule has 3 aliphatic heterocycles. The molecule has 7 rings (SSSR count). The molecule has 3 aliphatic rings. The summed E-state index contributed by atoms with van der Waals surface area (Å²) in [6.07, 6.45) is -3.99. The first-order valence-corrected chi connectivity index (χ1v) is 15.8. The van der Waals surface area contributed by atoms with Crippen LogP contribution in [0.25, 0.3) is 11.4 Å². The molecule has 1 saturated heterocycles. The summed E-state index contributed by atoms with van der Waals surface area (Å²) in [4.78, 5) is 50.8. The summed E-state index contributed by atoms with van der Waals surface area (Å²) in [5.74, 6) is -1.51. The second kappa shape index (κ2) is 12.3. The molecule has 0 aliphatic carbocycles. The summed E-state index contributed by atoms with van der Waals surface area (Å²) < 4.78 is 70.4. The highest BCUT2D eigenvalue weighted by molar-refractivity contribution is 5.95. The first-order valence-electron chi connectivity index (χ1n) is 15.8. The number of halogens is 4. The second-order valence-electron chi connectivity index (χ2n) is 12.4. The molecule has 262 valence electrons. The van der Waals surface area contributed by atoms with E-state index < -0.39 is 60.1 Å². The van der Waals surface area contributed by atoms with Crippen molar-refractivity contribution in [3.8, 4) is 5.75 Å². The number of anilines is 1. The van der Waals surface area contributed by atoms with E-state index >= 15 is 4.39 Å². The fraction of sp³-hybridized carbons (Fsp3) is 0.394. The number of carbonyl (C=O) groups is 2. The molecule has 1 spiro atoms. The summed E-state index contributed by atoms with van der Waals surface area (Å²) in [5.41, 5.74) is -2.49. The van der Waals surface area contributed by atoms with Crippen LogP contribution in [0.5, 0.6) is 5.75 Å². The standard InChI is InChI=1S/C33H31F4N7O6/c1-17-14-20(33(35,36)37)5-6-21(17)39-24(46)16-43-27-18(2)50-32(9-11-42(15-23(32)34)30(48)26-22(45)4-3-10-38-26)25(27)29(47)44-31(43)40-28(41-44)19-7-12-49-13-8-19/h3-7,10,14,18,23,45H,8-9,11-13,15-16H2,1-2H3,(H,39,46)/t18-,23-,32+/m1/s1. The number of ether oxygens (including phenoxy) is 2. The summed E-state index contributed by atoms with van der Waals surface area (Å²) in [5, 5.41) is 17.3. The van der Waals surface area contributed by atoms with Gasteiger partial charge in [0.15, 0.2) is 17.7 Å². The quantitative estimate of drug-likeness (QED) is 0.296. The fourth-order valence-corrected chi connectivity index (χ4v) is 6.86. The van der Waals surface area contributed by atoms with E-state index in [9.17, 15) is 32.7 Å². The Morgan fingerprint density at radius 3 is 2.70 bits per heavy atom. The van der Waals surface area contributed by atoms with Crippen molar-refractivity contribution in [1.82, 2.24) is 29.0 Å². The number of nitrogens with zero attached hydrogens (tertiary/aromatic N) is 6. The van der Waals surface area contributed by atoms with Gasteiger partial charge >= 0.3 is 6.18 Å². The number of fused-ring (bicyclic) bond motifs is 3. The van der Waals surface area contributed by atoms with Gasteiger partial charge < -0.3 is 29.4 Å². The van der Waals surface area contributed by atoms with Gasteiger partial charge in [-0.2, -0.15) is 22.7 Å². The van der Waals surface area contributed by atoms with Crippen molar-refractivity contribution >= 4 is 28.9 Å². The zero-order valence-corrected chi connectivity index (χ0v) is 26.8.